The fraction of sp³-hybridized carbons (Fsp3) is 0.500. The first-order valence-electron chi connectivity index (χ1n) is 8.95. The number of amides is 1. The summed E-state index contributed by atoms with van der Waals surface area (Å²) in [6.07, 6.45) is 5.11. The number of hydrogen-bond donors (Lipinski definition) is 0. The third-order valence-corrected chi connectivity index (χ3v) is 4.89. The van der Waals surface area contributed by atoms with E-state index in [1.807, 2.05) is 42.3 Å². The van der Waals surface area contributed by atoms with E-state index < -0.39 is 0 Å². The average Bonchev–Trinajstić information content (AvgIpc) is 3.16. The molecule has 4 heteroatoms. The fourth-order valence-corrected chi connectivity index (χ4v) is 3.61. The van der Waals surface area contributed by atoms with Gasteiger partial charge in [-0.25, -0.2) is 4.98 Å². The van der Waals surface area contributed by atoms with E-state index in [1.54, 1.807) is 0 Å². The van der Waals surface area contributed by atoms with Gasteiger partial charge in [0.25, 0.3) is 5.91 Å². The first kappa shape index (κ1) is 16.7. The Morgan fingerprint density at radius 2 is 2.17 bits per heavy atom. The highest BCUT2D eigenvalue weighted by atomic mass is 16.2. The van der Waals surface area contributed by atoms with E-state index in [1.165, 1.54) is 11.5 Å². The van der Waals surface area contributed by atoms with Crippen LogP contribution < -0.4 is 0 Å². The van der Waals surface area contributed by atoms with Gasteiger partial charge in [0, 0.05) is 43.5 Å². The van der Waals surface area contributed by atoms with Gasteiger partial charge in [-0.3, -0.25) is 4.79 Å². The van der Waals surface area contributed by atoms with Crippen LogP contribution in [-0.2, 0) is 13.0 Å². The lowest BCUT2D eigenvalue weighted by molar-refractivity contribution is 0.0787. The number of rotatable bonds is 5. The number of aryl methyl sites for hydroxylation is 2. The second-order valence-electron chi connectivity index (χ2n) is 6.95. The molecule has 1 fully saturated rings. The fourth-order valence-electron chi connectivity index (χ4n) is 3.61. The van der Waals surface area contributed by atoms with E-state index in [9.17, 15) is 4.79 Å². The molecule has 0 saturated carbocycles. The monoisotopic (exact) mass is 325 g/mol. The molecule has 3 rings (SSSR count). The number of benzene rings is 1. The molecule has 128 valence electrons. The van der Waals surface area contributed by atoms with Gasteiger partial charge >= 0.3 is 0 Å². The molecule has 1 aliphatic heterocycles. The van der Waals surface area contributed by atoms with Crippen molar-refractivity contribution in [3.05, 3.63) is 53.1 Å². The lowest BCUT2D eigenvalue weighted by Gasteiger charge is -2.17. The van der Waals surface area contributed by atoms with Gasteiger partial charge in [0.2, 0.25) is 0 Å². The second kappa shape index (κ2) is 7.20. The lowest BCUT2D eigenvalue weighted by atomic mass is 10.0. The maximum Gasteiger partial charge on any atom is 0.253 e. The molecular formula is C20H27N3O. The van der Waals surface area contributed by atoms with Crippen molar-refractivity contribution in [2.24, 2.45) is 5.92 Å². The highest BCUT2D eigenvalue weighted by Crippen LogP contribution is 2.23. The Labute approximate surface area is 144 Å². The van der Waals surface area contributed by atoms with Crippen LogP contribution in [0.15, 0.2) is 30.5 Å². The summed E-state index contributed by atoms with van der Waals surface area (Å²) in [7, 11) is 0. The minimum atomic E-state index is 0.161. The zero-order valence-electron chi connectivity index (χ0n) is 15.0. The molecule has 0 radical (unpaired) electrons. The van der Waals surface area contributed by atoms with E-state index in [0.717, 1.165) is 50.0 Å². The molecular weight excluding hydrogens is 298 g/mol. The summed E-state index contributed by atoms with van der Waals surface area (Å²) < 4.78 is 2.32. The molecule has 4 nitrogen and oxygen atoms in total. The molecule has 1 atom stereocenters. The minimum absolute atomic E-state index is 0.161. The van der Waals surface area contributed by atoms with Crippen LogP contribution >= 0.6 is 0 Å². The van der Waals surface area contributed by atoms with Crippen LogP contribution in [0.4, 0.5) is 0 Å². The van der Waals surface area contributed by atoms with Crippen molar-refractivity contribution >= 4 is 5.91 Å². The standard InChI is InChI=1S/C20H27N3O/c1-4-9-23-16(3)13-21-19(23)12-17-8-10-22(14-17)20(24)18-7-5-6-15(2)11-18/h5-7,11,13,17H,4,8-10,12,14H2,1-3H3. The number of carbonyl (C=O) groups is 1. The summed E-state index contributed by atoms with van der Waals surface area (Å²) in [6, 6.07) is 7.88. The van der Waals surface area contributed by atoms with Crippen molar-refractivity contribution < 1.29 is 4.79 Å². The van der Waals surface area contributed by atoms with Gasteiger partial charge in [0.15, 0.2) is 0 Å². The molecule has 2 heterocycles. The predicted molar refractivity (Wildman–Crippen MR) is 96.1 cm³/mol. The third kappa shape index (κ3) is 3.53. The summed E-state index contributed by atoms with van der Waals surface area (Å²) in [4.78, 5) is 19.3. The minimum Gasteiger partial charge on any atom is -0.338 e. The van der Waals surface area contributed by atoms with E-state index in [4.69, 9.17) is 0 Å². The average molecular weight is 325 g/mol. The molecule has 2 aromatic rings. The summed E-state index contributed by atoms with van der Waals surface area (Å²) in [6.45, 7) is 9.06. The van der Waals surface area contributed by atoms with Gasteiger partial charge in [-0.15, -0.1) is 0 Å². The van der Waals surface area contributed by atoms with Crippen LogP contribution in [0.25, 0.3) is 0 Å². The normalized spacial score (nSPS) is 17.5. The zero-order chi connectivity index (χ0) is 17.1. The Morgan fingerprint density at radius 1 is 1.33 bits per heavy atom. The molecule has 1 aromatic carbocycles. The number of carbonyl (C=O) groups excluding carboxylic acids is 1. The number of nitrogens with zero attached hydrogens (tertiary/aromatic N) is 3. The molecule has 0 N–H and O–H groups in total. The van der Waals surface area contributed by atoms with Gasteiger partial charge in [0.1, 0.15) is 5.82 Å². The molecule has 0 aliphatic carbocycles. The summed E-state index contributed by atoms with van der Waals surface area (Å²) >= 11 is 0. The number of hydrogen-bond acceptors (Lipinski definition) is 2. The van der Waals surface area contributed by atoms with Gasteiger partial charge < -0.3 is 9.47 Å². The van der Waals surface area contributed by atoms with Crippen LogP contribution in [0, 0.1) is 19.8 Å². The quantitative estimate of drug-likeness (QED) is 0.842. The van der Waals surface area contributed by atoms with Gasteiger partial charge in [0.05, 0.1) is 0 Å². The Bertz CT molecular complexity index is 719. The largest absolute Gasteiger partial charge is 0.338 e. The van der Waals surface area contributed by atoms with E-state index >= 15 is 0 Å². The highest BCUT2D eigenvalue weighted by Gasteiger charge is 2.28. The number of imidazole rings is 1. The maximum absolute atomic E-state index is 12.7. The van der Waals surface area contributed by atoms with Crippen molar-refractivity contribution in [3.8, 4) is 0 Å². The Kier molecular flexibility index (Phi) is 5.03. The number of aromatic nitrogens is 2. The van der Waals surface area contributed by atoms with Crippen LogP contribution in [0.2, 0.25) is 0 Å². The Morgan fingerprint density at radius 3 is 2.92 bits per heavy atom. The molecule has 0 bridgehead atoms. The first-order chi connectivity index (χ1) is 11.6. The van der Waals surface area contributed by atoms with Crippen LogP contribution in [0.1, 0.15) is 47.2 Å². The van der Waals surface area contributed by atoms with Crippen LogP contribution in [0.5, 0.6) is 0 Å². The van der Waals surface area contributed by atoms with Gasteiger partial charge in [-0.05, 0) is 44.7 Å². The SMILES string of the molecule is CCCn1c(C)cnc1CC1CCN(C(=O)c2cccc(C)c2)C1. The maximum atomic E-state index is 12.7. The van der Waals surface area contributed by atoms with Crippen molar-refractivity contribution in [1.29, 1.82) is 0 Å². The van der Waals surface area contributed by atoms with E-state index in [2.05, 4.69) is 23.4 Å². The van der Waals surface area contributed by atoms with E-state index in [0.29, 0.717) is 5.92 Å². The third-order valence-electron chi connectivity index (χ3n) is 4.89. The van der Waals surface area contributed by atoms with Crippen LogP contribution in [-0.4, -0.2) is 33.4 Å². The Balaban J connectivity index is 1.64. The van der Waals surface area contributed by atoms with E-state index in [-0.39, 0.29) is 5.91 Å². The summed E-state index contributed by atoms with van der Waals surface area (Å²) in [5.74, 6) is 1.84. The van der Waals surface area contributed by atoms with Crippen molar-refractivity contribution in [3.63, 3.8) is 0 Å². The molecule has 1 saturated heterocycles. The summed E-state index contributed by atoms with van der Waals surface area (Å²) in [5, 5.41) is 0. The molecule has 24 heavy (non-hydrogen) atoms. The zero-order valence-corrected chi connectivity index (χ0v) is 15.0. The second-order valence-corrected chi connectivity index (χ2v) is 6.95. The van der Waals surface area contributed by atoms with Crippen LogP contribution in [0.3, 0.4) is 0 Å². The topological polar surface area (TPSA) is 38.1 Å². The lowest BCUT2D eigenvalue weighted by Crippen LogP contribution is -2.29. The Hall–Kier alpha value is -2.10. The van der Waals surface area contributed by atoms with Crippen molar-refractivity contribution in [2.75, 3.05) is 13.1 Å². The predicted octanol–water partition coefficient (Wildman–Crippen LogP) is 3.61. The van der Waals surface area contributed by atoms with Crippen molar-refractivity contribution in [2.45, 2.75) is 46.6 Å². The number of likely N-dealkylation sites (tertiary alicyclic amines) is 1. The first-order valence-corrected chi connectivity index (χ1v) is 8.95. The highest BCUT2D eigenvalue weighted by molar-refractivity contribution is 5.94. The molecule has 1 aromatic heterocycles. The molecule has 1 aliphatic rings. The van der Waals surface area contributed by atoms with Gasteiger partial charge in [-0.1, -0.05) is 24.6 Å². The molecule has 0 spiro atoms. The van der Waals surface area contributed by atoms with Crippen molar-refractivity contribution in [1.82, 2.24) is 14.5 Å². The van der Waals surface area contributed by atoms with Gasteiger partial charge in [-0.2, -0.15) is 0 Å². The molecule has 1 amide bonds. The molecule has 1 unspecified atom stereocenters. The smallest absolute Gasteiger partial charge is 0.253 e. The summed E-state index contributed by atoms with van der Waals surface area (Å²) in [5.41, 5.74) is 3.17.